The van der Waals surface area contributed by atoms with Gasteiger partial charge in [-0.05, 0) is 24.7 Å². The van der Waals surface area contributed by atoms with Gasteiger partial charge in [-0.1, -0.05) is 149 Å². The first kappa shape index (κ1) is 39.0. The monoisotopic (exact) mass is 486 g/mol. The second-order valence-electron chi connectivity index (χ2n) is 10.3. The van der Waals surface area contributed by atoms with E-state index in [4.69, 9.17) is 0 Å². The summed E-state index contributed by atoms with van der Waals surface area (Å²) in [5.41, 5.74) is 0.0478. The molecule has 0 amide bonds. The zero-order valence-electron chi connectivity index (χ0n) is 21.8. The zero-order chi connectivity index (χ0) is 23.0. The Morgan fingerprint density at radius 3 is 1.03 bits per heavy atom. The number of aliphatic carboxylic acids is 1. The van der Waals surface area contributed by atoms with Crippen LogP contribution in [0.3, 0.4) is 0 Å². The van der Waals surface area contributed by atoms with Crippen LogP contribution < -0.4 is 0 Å². The van der Waals surface area contributed by atoms with Crippen LogP contribution >= 0.6 is 0 Å². The number of carbonyl (C=O) groups is 1. The molecule has 0 spiro atoms. The van der Waals surface area contributed by atoms with Crippen molar-refractivity contribution >= 4 is 65.1 Å². The molecule has 0 atom stereocenters. The van der Waals surface area contributed by atoms with E-state index in [2.05, 4.69) is 20.8 Å². The molecule has 0 rings (SSSR count). The van der Waals surface area contributed by atoms with Crippen LogP contribution in [0.15, 0.2) is 0 Å². The SMILES string of the molecule is CCCCCCCCCCCCC(CC)(CCCCCCCCCCCC)CC(=O)O.[NaH].[NaH]. The molecule has 33 heavy (non-hydrogen) atoms. The number of carboxylic acids is 1. The van der Waals surface area contributed by atoms with E-state index < -0.39 is 5.97 Å². The molecule has 0 radical (unpaired) electrons. The summed E-state index contributed by atoms with van der Waals surface area (Å²) >= 11 is 0. The average Bonchev–Trinajstić information content (AvgIpc) is 2.75. The fourth-order valence-corrected chi connectivity index (χ4v) is 5.08. The molecule has 0 bridgehead atoms. The summed E-state index contributed by atoms with van der Waals surface area (Å²) in [6.07, 6.45) is 30.7. The summed E-state index contributed by atoms with van der Waals surface area (Å²) in [6.45, 7) is 6.77. The van der Waals surface area contributed by atoms with Gasteiger partial charge >= 0.3 is 65.1 Å². The summed E-state index contributed by atoms with van der Waals surface area (Å²) in [6, 6.07) is 0. The standard InChI is InChI=1S/C29H58O2.2Na.2H/c1-4-7-9-11-13-15-17-19-21-23-25-29(6-3,27-28(30)31)26-24-22-20-18-16-14-12-10-8-5-2;;;;/h4-27H2,1-3H3,(H,30,31);;;;. The van der Waals surface area contributed by atoms with Crippen LogP contribution in [-0.2, 0) is 4.79 Å². The number of carboxylic acid groups (broad SMARTS) is 1. The van der Waals surface area contributed by atoms with Crippen LogP contribution in [0.2, 0.25) is 0 Å². The fraction of sp³-hybridized carbons (Fsp3) is 0.966. The van der Waals surface area contributed by atoms with E-state index in [1.54, 1.807) is 0 Å². The van der Waals surface area contributed by atoms with Crippen molar-refractivity contribution in [3.05, 3.63) is 0 Å². The van der Waals surface area contributed by atoms with Gasteiger partial charge in [0, 0.05) is 0 Å². The van der Waals surface area contributed by atoms with Crippen molar-refractivity contribution in [1.82, 2.24) is 0 Å². The van der Waals surface area contributed by atoms with Gasteiger partial charge in [0.1, 0.15) is 0 Å². The summed E-state index contributed by atoms with van der Waals surface area (Å²) in [7, 11) is 0. The third-order valence-electron chi connectivity index (χ3n) is 7.40. The van der Waals surface area contributed by atoms with Crippen molar-refractivity contribution < 1.29 is 9.90 Å². The first-order chi connectivity index (χ1) is 15.1. The van der Waals surface area contributed by atoms with Crippen LogP contribution in [0, 0.1) is 5.41 Å². The van der Waals surface area contributed by atoms with E-state index in [1.165, 1.54) is 128 Å². The van der Waals surface area contributed by atoms with Crippen molar-refractivity contribution in [2.45, 2.75) is 175 Å². The van der Waals surface area contributed by atoms with Gasteiger partial charge in [0.25, 0.3) is 0 Å². The molecule has 0 aliphatic carbocycles. The van der Waals surface area contributed by atoms with Gasteiger partial charge < -0.3 is 5.11 Å². The van der Waals surface area contributed by atoms with E-state index in [0.717, 1.165) is 19.3 Å². The Morgan fingerprint density at radius 2 is 0.788 bits per heavy atom. The third-order valence-corrected chi connectivity index (χ3v) is 7.40. The van der Waals surface area contributed by atoms with Crippen molar-refractivity contribution in [2.24, 2.45) is 5.41 Å². The Balaban J connectivity index is -0.00000450. The first-order valence-electron chi connectivity index (χ1n) is 14.3. The molecule has 0 aromatic heterocycles. The molecular formula is C29H60Na2O2. The molecule has 0 saturated heterocycles. The molecule has 0 unspecified atom stereocenters. The maximum absolute atomic E-state index is 11.5. The van der Waals surface area contributed by atoms with E-state index in [0.29, 0.717) is 6.42 Å². The van der Waals surface area contributed by atoms with Crippen molar-refractivity contribution in [2.75, 3.05) is 0 Å². The van der Waals surface area contributed by atoms with Crippen molar-refractivity contribution in [3.63, 3.8) is 0 Å². The molecule has 190 valence electrons. The molecule has 0 aliphatic rings. The molecule has 1 N–H and O–H groups in total. The Kier molecular flexibility index (Phi) is 35.1. The Morgan fingerprint density at radius 1 is 0.515 bits per heavy atom. The predicted octanol–water partition coefficient (Wildman–Crippen LogP) is 9.18. The first-order valence-corrected chi connectivity index (χ1v) is 14.3. The number of unbranched alkanes of at least 4 members (excludes halogenated alkanes) is 18. The summed E-state index contributed by atoms with van der Waals surface area (Å²) in [5, 5.41) is 9.50. The summed E-state index contributed by atoms with van der Waals surface area (Å²) < 4.78 is 0. The van der Waals surface area contributed by atoms with Crippen LogP contribution in [0.4, 0.5) is 0 Å². The van der Waals surface area contributed by atoms with Gasteiger partial charge in [-0.2, -0.15) is 0 Å². The van der Waals surface area contributed by atoms with Crippen LogP contribution in [-0.4, -0.2) is 70.2 Å². The molecule has 0 aliphatic heterocycles. The second kappa shape index (κ2) is 29.7. The Hall–Kier alpha value is 1.47. The minimum atomic E-state index is -0.596. The van der Waals surface area contributed by atoms with Crippen LogP contribution in [0.25, 0.3) is 0 Å². The van der Waals surface area contributed by atoms with Gasteiger partial charge in [-0.15, -0.1) is 0 Å². The fourth-order valence-electron chi connectivity index (χ4n) is 5.08. The molecule has 0 heterocycles. The van der Waals surface area contributed by atoms with E-state index in [-0.39, 0.29) is 64.5 Å². The summed E-state index contributed by atoms with van der Waals surface area (Å²) in [4.78, 5) is 11.5. The topological polar surface area (TPSA) is 37.3 Å². The van der Waals surface area contributed by atoms with Gasteiger partial charge in [-0.3, -0.25) is 4.79 Å². The van der Waals surface area contributed by atoms with Gasteiger partial charge in [0.15, 0.2) is 0 Å². The van der Waals surface area contributed by atoms with Crippen molar-refractivity contribution in [1.29, 1.82) is 0 Å². The second-order valence-corrected chi connectivity index (χ2v) is 10.3. The van der Waals surface area contributed by atoms with Gasteiger partial charge in [-0.25, -0.2) is 0 Å². The van der Waals surface area contributed by atoms with Gasteiger partial charge in [0.2, 0.25) is 0 Å². The quantitative estimate of drug-likeness (QED) is 0.103. The minimum absolute atomic E-state index is 0. The normalized spacial score (nSPS) is 11.1. The zero-order valence-corrected chi connectivity index (χ0v) is 21.8. The van der Waals surface area contributed by atoms with Gasteiger partial charge in [0.05, 0.1) is 6.42 Å². The average molecular weight is 487 g/mol. The van der Waals surface area contributed by atoms with E-state index in [9.17, 15) is 9.90 Å². The molecule has 0 saturated carbocycles. The van der Waals surface area contributed by atoms with Crippen molar-refractivity contribution in [3.8, 4) is 0 Å². The maximum atomic E-state index is 11.5. The molecule has 0 fully saturated rings. The van der Waals surface area contributed by atoms with E-state index in [1.807, 2.05) is 0 Å². The van der Waals surface area contributed by atoms with Crippen LogP contribution in [0.1, 0.15) is 175 Å². The Bertz CT molecular complexity index is 364. The number of rotatable bonds is 25. The molecule has 4 heteroatoms. The third kappa shape index (κ3) is 26.3. The molecule has 2 nitrogen and oxygen atoms in total. The molecule has 0 aromatic rings. The van der Waals surface area contributed by atoms with Crippen LogP contribution in [0.5, 0.6) is 0 Å². The number of hydrogen-bond donors (Lipinski definition) is 1. The predicted molar refractivity (Wildman–Crippen MR) is 152 cm³/mol. The molecular weight excluding hydrogens is 426 g/mol. The number of hydrogen-bond acceptors (Lipinski definition) is 1. The molecule has 0 aromatic carbocycles. The van der Waals surface area contributed by atoms with E-state index >= 15 is 0 Å². The Labute approximate surface area is 253 Å². The summed E-state index contributed by atoms with van der Waals surface area (Å²) in [5.74, 6) is -0.596.